The second-order valence-corrected chi connectivity index (χ2v) is 29.7. The van der Waals surface area contributed by atoms with Crippen LogP contribution in [0.2, 0.25) is 51.4 Å². The van der Waals surface area contributed by atoms with Crippen LogP contribution in [0.25, 0.3) is 50.3 Å². The number of nitrogens with zero attached hydrogens (tertiary/aromatic N) is 6. The van der Waals surface area contributed by atoms with Crippen molar-refractivity contribution in [2.75, 3.05) is 38.7 Å². The average Bonchev–Trinajstić information content (AvgIpc) is 3.74. The predicted octanol–water partition coefficient (Wildman–Crippen LogP) is 11.1. The Kier molecular flexibility index (Phi) is 12.8. The molecule has 57 heavy (non-hydrogen) atoms. The lowest BCUT2D eigenvalue weighted by Gasteiger charge is -2.28. The van der Waals surface area contributed by atoms with Crippen LogP contribution in [0.4, 0.5) is 10.6 Å². The molecule has 0 radical (unpaired) electrons. The Morgan fingerprint density at radius 3 is 2.09 bits per heavy atom. The van der Waals surface area contributed by atoms with E-state index in [0.717, 1.165) is 39.9 Å². The van der Waals surface area contributed by atoms with Crippen molar-refractivity contribution in [3.8, 4) is 39.5 Å². The molecule has 11 nitrogen and oxygen atoms in total. The zero-order chi connectivity index (χ0) is 41.1. The molecule has 0 unspecified atom stereocenters. The summed E-state index contributed by atoms with van der Waals surface area (Å²) in [6.45, 7) is 21.4. The molecule has 14 heteroatoms. The normalized spacial score (nSPS) is 12.4. The minimum absolute atomic E-state index is 0.253. The summed E-state index contributed by atoms with van der Waals surface area (Å²) in [6.07, 6.45) is 3.14. The summed E-state index contributed by atoms with van der Waals surface area (Å²) in [5.41, 5.74) is 5.05. The van der Waals surface area contributed by atoms with Crippen LogP contribution in [0.3, 0.4) is 0 Å². The number of carbonyl (C=O) groups excluding carboxylic acids is 1. The van der Waals surface area contributed by atoms with Gasteiger partial charge in [0.25, 0.3) is 0 Å². The third kappa shape index (κ3) is 10.4. The number of aromatic nitrogens is 5. The summed E-state index contributed by atoms with van der Waals surface area (Å²) in [4.78, 5) is 26.4. The fourth-order valence-corrected chi connectivity index (χ4v) is 8.43. The highest BCUT2D eigenvalue weighted by Gasteiger charge is 2.29. The van der Waals surface area contributed by atoms with E-state index >= 15 is 0 Å². The van der Waals surface area contributed by atoms with Gasteiger partial charge in [0.05, 0.1) is 34.7 Å². The van der Waals surface area contributed by atoms with Crippen molar-refractivity contribution < 1.29 is 23.7 Å². The van der Waals surface area contributed by atoms with Gasteiger partial charge in [-0.2, -0.15) is 9.61 Å². The SMILES string of the molecule is COc1ccc2c(c1)cc(-c1nc3c(-c4ccc(-c5ccccc5)nc4)cnn3c(N(COCC[Si](C)(C)C)COCC[Si](C)(C)C)c1Br)n2C(=O)OC(C)(C)C. The van der Waals surface area contributed by atoms with E-state index in [0.29, 0.717) is 51.8 Å². The van der Waals surface area contributed by atoms with E-state index in [-0.39, 0.29) is 13.5 Å². The van der Waals surface area contributed by atoms with E-state index in [1.807, 2.05) is 109 Å². The molecule has 0 saturated carbocycles. The number of rotatable bonds is 15. The summed E-state index contributed by atoms with van der Waals surface area (Å²) >= 11 is 3.99. The molecule has 0 amide bonds. The van der Waals surface area contributed by atoms with Crippen molar-refractivity contribution in [1.82, 2.24) is 24.1 Å². The monoisotopic (exact) mass is 870 g/mol. The first kappa shape index (κ1) is 42.3. The summed E-state index contributed by atoms with van der Waals surface area (Å²) in [5, 5.41) is 5.73. The summed E-state index contributed by atoms with van der Waals surface area (Å²) < 4.78 is 28.4. The number of anilines is 1. The van der Waals surface area contributed by atoms with Gasteiger partial charge in [0, 0.05) is 57.6 Å². The van der Waals surface area contributed by atoms with E-state index in [4.69, 9.17) is 34.0 Å². The molecule has 6 aromatic rings. The summed E-state index contributed by atoms with van der Waals surface area (Å²) in [6, 6.07) is 23.7. The van der Waals surface area contributed by atoms with E-state index in [1.54, 1.807) is 11.7 Å². The Bertz CT molecular complexity index is 2310. The minimum Gasteiger partial charge on any atom is -0.497 e. The molecule has 2 aromatic carbocycles. The number of hydrogen-bond acceptors (Lipinski definition) is 9. The molecular formula is C43H55BrN6O5Si2. The molecule has 0 bridgehead atoms. The number of benzene rings is 2. The molecule has 0 saturated heterocycles. The fraction of sp³-hybridized carbons (Fsp3) is 0.395. The van der Waals surface area contributed by atoms with Crippen molar-refractivity contribution in [2.45, 2.75) is 77.7 Å². The molecule has 0 aliphatic heterocycles. The number of fused-ring (bicyclic) bond motifs is 2. The highest BCUT2D eigenvalue weighted by molar-refractivity contribution is 9.10. The lowest BCUT2D eigenvalue weighted by Crippen LogP contribution is -2.33. The van der Waals surface area contributed by atoms with Crippen LogP contribution in [0.1, 0.15) is 20.8 Å². The Morgan fingerprint density at radius 2 is 1.51 bits per heavy atom. The quantitative estimate of drug-likeness (QED) is 0.0566. The van der Waals surface area contributed by atoms with Gasteiger partial charge in [-0.1, -0.05) is 75.7 Å². The first-order valence-electron chi connectivity index (χ1n) is 19.4. The van der Waals surface area contributed by atoms with Crippen LogP contribution >= 0.6 is 15.9 Å². The van der Waals surface area contributed by atoms with Crippen molar-refractivity contribution in [3.63, 3.8) is 0 Å². The van der Waals surface area contributed by atoms with Crippen LogP contribution in [-0.4, -0.2) is 85.8 Å². The van der Waals surface area contributed by atoms with Crippen LogP contribution in [-0.2, 0) is 14.2 Å². The van der Waals surface area contributed by atoms with Gasteiger partial charge in [-0.25, -0.2) is 14.3 Å². The zero-order valence-electron chi connectivity index (χ0n) is 34.9. The van der Waals surface area contributed by atoms with Gasteiger partial charge in [-0.3, -0.25) is 4.98 Å². The Balaban J connectivity index is 1.56. The smallest absolute Gasteiger partial charge is 0.419 e. The highest BCUT2D eigenvalue weighted by atomic mass is 79.9. The molecule has 0 spiro atoms. The predicted molar refractivity (Wildman–Crippen MR) is 239 cm³/mol. The lowest BCUT2D eigenvalue weighted by atomic mass is 10.1. The molecule has 4 heterocycles. The van der Waals surface area contributed by atoms with E-state index in [9.17, 15) is 4.79 Å². The van der Waals surface area contributed by atoms with Crippen molar-refractivity contribution in [2.24, 2.45) is 0 Å². The Hall–Kier alpha value is -4.35. The average molecular weight is 872 g/mol. The largest absolute Gasteiger partial charge is 0.497 e. The molecular weight excluding hydrogens is 817 g/mol. The number of halogens is 1. The van der Waals surface area contributed by atoms with Crippen LogP contribution in [0.5, 0.6) is 5.75 Å². The maximum absolute atomic E-state index is 14.2. The molecule has 302 valence electrons. The number of hydrogen-bond donors (Lipinski definition) is 0. The zero-order valence-corrected chi connectivity index (χ0v) is 38.4. The second kappa shape index (κ2) is 17.2. The molecule has 0 atom stereocenters. The Morgan fingerprint density at radius 1 is 0.842 bits per heavy atom. The maximum Gasteiger partial charge on any atom is 0.419 e. The standard InChI is InChI=1S/C43H55BrN6O5Si2/c1-43(2,3)55-42(51)49-36-19-17-33(52-4)24-32(36)25-37(49)39-38(44)41(48(28-53-20-22-56(5,6)7)29-54-21-23-57(8,9)10)50-40(47-39)34(27-46-50)31-16-18-35(45-26-31)30-14-12-11-13-15-30/h11-19,24-27H,20-23,28-29H2,1-10H3. The van der Waals surface area contributed by atoms with E-state index < -0.39 is 27.8 Å². The number of carbonyl (C=O) groups is 1. The molecule has 4 aromatic heterocycles. The molecule has 0 N–H and O–H groups in total. The van der Waals surface area contributed by atoms with Crippen molar-refractivity contribution >= 4 is 60.5 Å². The van der Waals surface area contributed by atoms with Gasteiger partial charge in [-0.05, 0) is 79.1 Å². The first-order chi connectivity index (χ1) is 26.9. The van der Waals surface area contributed by atoms with Gasteiger partial charge >= 0.3 is 6.09 Å². The summed E-state index contributed by atoms with van der Waals surface area (Å²) in [5.74, 6) is 1.34. The van der Waals surface area contributed by atoms with Crippen LogP contribution < -0.4 is 9.64 Å². The van der Waals surface area contributed by atoms with Gasteiger partial charge in [0.1, 0.15) is 30.5 Å². The topological polar surface area (TPSA) is 105 Å². The van der Waals surface area contributed by atoms with Crippen LogP contribution in [0.15, 0.2) is 83.6 Å². The summed E-state index contributed by atoms with van der Waals surface area (Å²) in [7, 11) is -1.08. The van der Waals surface area contributed by atoms with E-state index in [2.05, 4.69) is 55.2 Å². The number of pyridine rings is 1. The highest BCUT2D eigenvalue weighted by Crippen LogP contribution is 2.41. The fourth-order valence-electron chi connectivity index (χ4n) is 6.20. The molecule has 6 rings (SSSR count). The molecule has 0 aliphatic carbocycles. The van der Waals surface area contributed by atoms with E-state index in [1.165, 1.54) is 0 Å². The van der Waals surface area contributed by atoms with Gasteiger partial charge < -0.3 is 23.8 Å². The van der Waals surface area contributed by atoms with Gasteiger partial charge in [0.2, 0.25) is 0 Å². The Labute approximate surface area is 346 Å². The number of methoxy groups -OCH3 is 1. The van der Waals surface area contributed by atoms with Crippen molar-refractivity contribution in [1.29, 1.82) is 0 Å². The lowest BCUT2D eigenvalue weighted by molar-refractivity contribution is 0.0547. The second-order valence-electron chi connectivity index (χ2n) is 17.7. The first-order valence-corrected chi connectivity index (χ1v) is 27.6. The maximum atomic E-state index is 14.2. The minimum atomic E-state index is -1.35. The third-order valence-electron chi connectivity index (χ3n) is 9.32. The molecule has 0 fully saturated rings. The van der Waals surface area contributed by atoms with Crippen LogP contribution in [0, 0.1) is 0 Å². The van der Waals surface area contributed by atoms with Crippen molar-refractivity contribution in [3.05, 3.63) is 83.6 Å². The van der Waals surface area contributed by atoms with Gasteiger partial charge in [-0.15, -0.1) is 0 Å². The van der Waals surface area contributed by atoms with Gasteiger partial charge in [0.15, 0.2) is 11.5 Å². The third-order valence-corrected chi connectivity index (χ3v) is 13.5. The molecule has 0 aliphatic rings. The number of ether oxygens (including phenoxy) is 4.